The lowest BCUT2D eigenvalue weighted by molar-refractivity contribution is -0.142. The number of hydrogen-bond donors (Lipinski definition) is 1. The molecule has 16 heteroatoms. The van der Waals surface area contributed by atoms with Gasteiger partial charge in [-0.1, -0.05) is 11.6 Å². The molecule has 196 valence electrons. The van der Waals surface area contributed by atoms with E-state index in [1.165, 1.54) is 20.8 Å². The molecular weight excluding hydrogens is 540 g/mol. The zero-order chi connectivity index (χ0) is 27.6. The van der Waals surface area contributed by atoms with Gasteiger partial charge in [0.2, 0.25) is 5.82 Å². The molecule has 0 unspecified atom stereocenters. The molecule has 4 aromatic rings. The summed E-state index contributed by atoms with van der Waals surface area (Å²) in [6.45, 7) is 3.08. The molecule has 0 aliphatic heterocycles. The molecule has 0 saturated heterocycles. The lowest BCUT2D eigenvalue weighted by Crippen LogP contribution is -2.16. The molecule has 0 saturated carbocycles. The Bertz CT molecular complexity index is 1560. The quantitative estimate of drug-likeness (QED) is 0.205. The Morgan fingerprint density at radius 1 is 0.973 bits per heavy atom. The number of carbonyl (C=O) groups excluding carboxylic acids is 1. The van der Waals surface area contributed by atoms with E-state index >= 15 is 0 Å². The summed E-state index contributed by atoms with van der Waals surface area (Å²) in [5, 5.41) is 9.47. The maximum absolute atomic E-state index is 14.1. The van der Waals surface area contributed by atoms with Gasteiger partial charge in [-0.05, 0) is 26.8 Å². The number of hydrogen-bond acceptors (Lipinski definition) is 4. The van der Waals surface area contributed by atoms with Gasteiger partial charge in [0, 0.05) is 5.69 Å². The fourth-order valence-electron chi connectivity index (χ4n) is 3.60. The van der Waals surface area contributed by atoms with Crippen LogP contribution in [0.5, 0.6) is 0 Å². The van der Waals surface area contributed by atoms with E-state index in [1.54, 1.807) is 0 Å². The van der Waals surface area contributed by atoms with Gasteiger partial charge in [-0.3, -0.25) is 9.48 Å². The molecule has 1 aromatic carbocycles. The number of nitrogens with zero attached hydrogens (tertiary/aromatic N) is 5. The van der Waals surface area contributed by atoms with E-state index < -0.39 is 75.3 Å². The van der Waals surface area contributed by atoms with Gasteiger partial charge in [0.1, 0.15) is 10.7 Å². The van der Waals surface area contributed by atoms with Gasteiger partial charge in [-0.15, -0.1) is 0 Å². The van der Waals surface area contributed by atoms with E-state index in [1.807, 2.05) is 0 Å². The molecule has 4 rings (SSSR count). The van der Waals surface area contributed by atoms with Crippen LogP contribution in [-0.2, 0) is 12.7 Å². The predicted molar refractivity (Wildman–Crippen MR) is 113 cm³/mol. The molecule has 0 aliphatic rings. The summed E-state index contributed by atoms with van der Waals surface area (Å²) < 4.78 is 110. The lowest BCUT2D eigenvalue weighted by atomic mass is 10.1. The van der Waals surface area contributed by atoms with Crippen LogP contribution in [0.3, 0.4) is 0 Å². The second-order valence-electron chi connectivity index (χ2n) is 7.88. The third kappa shape index (κ3) is 4.36. The van der Waals surface area contributed by atoms with E-state index in [-0.39, 0.29) is 22.8 Å². The second kappa shape index (κ2) is 8.97. The largest absolute Gasteiger partial charge is 0.433 e. The van der Waals surface area contributed by atoms with Crippen LogP contribution in [0.15, 0.2) is 6.07 Å². The molecule has 0 bridgehead atoms. The van der Waals surface area contributed by atoms with Crippen molar-refractivity contribution in [3.05, 3.63) is 74.2 Å². The minimum Gasteiger partial charge on any atom is -0.317 e. The van der Waals surface area contributed by atoms with Crippen molar-refractivity contribution in [1.82, 2.24) is 24.4 Å². The van der Waals surface area contributed by atoms with Crippen molar-refractivity contribution in [1.29, 1.82) is 0 Å². The molecule has 0 atom stereocenters. The number of halogens is 9. The molecular formula is C21H13ClF8N6O. The van der Waals surface area contributed by atoms with Crippen molar-refractivity contribution in [3.63, 3.8) is 0 Å². The average molecular weight is 553 g/mol. The third-order valence-corrected chi connectivity index (χ3v) is 5.74. The van der Waals surface area contributed by atoms with Crippen molar-refractivity contribution in [3.8, 4) is 0 Å². The van der Waals surface area contributed by atoms with Gasteiger partial charge in [-0.25, -0.2) is 31.5 Å². The van der Waals surface area contributed by atoms with Crippen molar-refractivity contribution in [2.45, 2.75) is 33.5 Å². The maximum atomic E-state index is 14.1. The molecule has 1 N–H and O–H groups in total. The van der Waals surface area contributed by atoms with E-state index in [2.05, 4.69) is 20.5 Å². The van der Waals surface area contributed by atoms with Crippen LogP contribution in [0, 0.1) is 49.9 Å². The summed E-state index contributed by atoms with van der Waals surface area (Å²) in [6, 6.07) is 0.718. The van der Waals surface area contributed by atoms with Crippen molar-refractivity contribution < 1.29 is 39.9 Å². The lowest BCUT2D eigenvalue weighted by Gasteiger charge is -2.10. The first-order valence-electron chi connectivity index (χ1n) is 10.1. The number of carbonyl (C=O) groups is 1. The first kappa shape index (κ1) is 26.3. The normalized spacial score (nSPS) is 12.0. The van der Waals surface area contributed by atoms with Gasteiger partial charge in [-0.2, -0.15) is 23.4 Å². The second-order valence-corrected chi connectivity index (χ2v) is 8.26. The molecule has 0 fully saturated rings. The highest BCUT2D eigenvalue weighted by Crippen LogP contribution is 2.33. The third-order valence-electron chi connectivity index (χ3n) is 5.40. The Balaban J connectivity index is 1.71. The molecule has 0 spiro atoms. The summed E-state index contributed by atoms with van der Waals surface area (Å²) in [4.78, 5) is 16.8. The zero-order valence-corrected chi connectivity index (χ0v) is 19.6. The predicted octanol–water partition coefficient (Wildman–Crippen LogP) is 5.52. The molecule has 7 nitrogen and oxygen atoms in total. The molecule has 0 radical (unpaired) electrons. The van der Waals surface area contributed by atoms with E-state index in [0.29, 0.717) is 4.52 Å². The highest BCUT2D eigenvalue weighted by molar-refractivity contribution is 6.37. The van der Waals surface area contributed by atoms with Crippen molar-refractivity contribution in [2.75, 3.05) is 5.32 Å². The fourth-order valence-corrected chi connectivity index (χ4v) is 3.85. The SMILES string of the molecule is Cc1cc(C(F)(F)F)n2nc(C(=O)Nc3c(C)nn(Cc4c(F)c(F)c(F)c(F)c4F)c3C)c(Cl)c2n1. The van der Waals surface area contributed by atoms with Gasteiger partial charge < -0.3 is 5.32 Å². The van der Waals surface area contributed by atoms with Crippen LogP contribution in [0.1, 0.15) is 38.8 Å². The molecule has 1 amide bonds. The van der Waals surface area contributed by atoms with E-state index in [4.69, 9.17) is 11.6 Å². The Morgan fingerprint density at radius 3 is 2.11 bits per heavy atom. The number of rotatable bonds is 4. The van der Waals surface area contributed by atoms with Crippen LogP contribution in [0.25, 0.3) is 5.65 Å². The number of nitrogens with one attached hydrogen (secondary N) is 1. The van der Waals surface area contributed by atoms with E-state index in [9.17, 15) is 39.9 Å². The van der Waals surface area contributed by atoms with Crippen LogP contribution < -0.4 is 5.32 Å². The summed E-state index contributed by atoms with van der Waals surface area (Å²) >= 11 is 6.10. The van der Waals surface area contributed by atoms with Gasteiger partial charge in [0.05, 0.1) is 29.2 Å². The summed E-state index contributed by atoms with van der Waals surface area (Å²) in [5.74, 6) is -11.7. The van der Waals surface area contributed by atoms with Gasteiger partial charge in [0.15, 0.2) is 34.6 Å². The van der Waals surface area contributed by atoms with Crippen LogP contribution in [0.2, 0.25) is 5.02 Å². The Kier molecular flexibility index (Phi) is 6.38. The summed E-state index contributed by atoms with van der Waals surface area (Å²) in [5.41, 5.74) is -3.43. The van der Waals surface area contributed by atoms with Crippen molar-refractivity contribution in [2.24, 2.45) is 0 Å². The molecule has 37 heavy (non-hydrogen) atoms. The average Bonchev–Trinajstić information content (AvgIpc) is 3.29. The van der Waals surface area contributed by atoms with Crippen molar-refractivity contribution >= 4 is 28.8 Å². The number of aromatic nitrogens is 5. The summed E-state index contributed by atoms with van der Waals surface area (Å²) in [6.07, 6.45) is -4.84. The van der Waals surface area contributed by atoms with Crippen LogP contribution in [-0.4, -0.2) is 30.3 Å². The number of benzene rings is 1. The van der Waals surface area contributed by atoms with Crippen LogP contribution in [0.4, 0.5) is 40.8 Å². The molecule has 3 heterocycles. The van der Waals surface area contributed by atoms with Gasteiger partial charge in [0.25, 0.3) is 5.91 Å². The first-order valence-corrected chi connectivity index (χ1v) is 10.5. The number of aryl methyl sites for hydroxylation is 2. The molecule has 0 aliphatic carbocycles. The number of anilines is 1. The topological polar surface area (TPSA) is 77.1 Å². The highest BCUT2D eigenvalue weighted by atomic mass is 35.5. The number of amides is 1. The monoisotopic (exact) mass is 552 g/mol. The molecule has 3 aromatic heterocycles. The minimum absolute atomic E-state index is 0.0274. The minimum atomic E-state index is -4.84. The standard InChI is InChI=1S/C21H13ClF8N6O/c1-6-4-10(21(28,29)30)36-19(31-6)11(22)18(34-36)20(37)32-17-7(2)33-35(8(17)3)5-9-12(23)14(25)16(27)15(26)13(9)24/h4H,5H2,1-3H3,(H,32,37). The summed E-state index contributed by atoms with van der Waals surface area (Å²) in [7, 11) is 0. The number of alkyl halides is 3. The smallest absolute Gasteiger partial charge is 0.317 e. The Hall–Kier alpha value is -3.75. The Labute approximate surface area is 206 Å². The zero-order valence-electron chi connectivity index (χ0n) is 18.8. The van der Waals surface area contributed by atoms with Gasteiger partial charge >= 0.3 is 6.18 Å². The van der Waals surface area contributed by atoms with Crippen LogP contribution >= 0.6 is 11.6 Å². The Morgan fingerprint density at radius 2 is 1.54 bits per heavy atom. The fraction of sp³-hybridized carbons (Fsp3) is 0.238. The number of fused-ring (bicyclic) bond motifs is 1. The first-order chi connectivity index (χ1) is 17.1. The highest BCUT2D eigenvalue weighted by Gasteiger charge is 2.36. The maximum Gasteiger partial charge on any atom is 0.433 e. The van der Waals surface area contributed by atoms with E-state index in [0.717, 1.165) is 10.7 Å².